The Labute approximate surface area is 91.0 Å². The minimum Gasteiger partial charge on any atom is -0.395 e. The van der Waals surface area contributed by atoms with Crippen LogP contribution in [0.25, 0.3) is 0 Å². The summed E-state index contributed by atoms with van der Waals surface area (Å²) < 4.78 is 24.6. The molecule has 1 aromatic heterocycles. The smallest absolute Gasteiger partial charge is 0.255 e. The van der Waals surface area contributed by atoms with E-state index in [1.165, 1.54) is 12.4 Å². The number of alkyl halides is 2. The summed E-state index contributed by atoms with van der Waals surface area (Å²) in [7, 11) is 0. The molecule has 0 fully saturated rings. The molecule has 0 aliphatic carbocycles. The number of hydrogen-bond donors (Lipinski definition) is 1. The lowest BCUT2D eigenvalue weighted by molar-refractivity contribution is 0.152. The molecule has 0 bridgehead atoms. The van der Waals surface area contributed by atoms with E-state index in [0.717, 1.165) is 4.90 Å². The van der Waals surface area contributed by atoms with E-state index < -0.39 is 13.0 Å². The van der Waals surface area contributed by atoms with E-state index in [2.05, 4.69) is 9.97 Å². The van der Waals surface area contributed by atoms with E-state index in [9.17, 15) is 8.78 Å². The van der Waals surface area contributed by atoms with Crippen molar-refractivity contribution in [2.24, 2.45) is 0 Å². The van der Waals surface area contributed by atoms with E-state index in [1.54, 1.807) is 6.07 Å². The first-order valence-electron chi connectivity index (χ1n) is 4.54. The molecule has 0 spiro atoms. The first-order valence-corrected chi connectivity index (χ1v) is 4.54. The van der Waals surface area contributed by atoms with Gasteiger partial charge in [-0.15, -0.1) is 0 Å². The molecular formula is C9H10F2N4O. The lowest BCUT2D eigenvalue weighted by atomic mass is 10.3. The van der Waals surface area contributed by atoms with Crippen LogP contribution in [-0.2, 0) is 0 Å². The fourth-order valence-electron chi connectivity index (χ4n) is 1.21. The maximum absolute atomic E-state index is 12.3. The molecule has 0 atom stereocenters. The Kier molecular flexibility index (Phi) is 4.54. The van der Waals surface area contributed by atoms with Crippen LogP contribution in [0.1, 0.15) is 5.69 Å². The maximum atomic E-state index is 12.3. The molecule has 1 aromatic rings. The average molecular weight is 228 g/mol. The molecule has 0 unspecified atom stereocenters. The van der Waals surface area contributed by atoms with Crippen molar-refractivity contribution in [3.63, 3.8) is 0 Å². The Morgan fingerprint density at radius 1 is 1.44 bits per heavy atom. The Hall–Kier alpha value is -1.81. The van der Waals surface area contributed by atoms with Crippen molar-refractivity contribution in [1.82, 2.24) is 9.97 Å². The third-order valence-electron chi connectivity index (χ3n) is 1.81. The van der Waals surface area contributed by atoms with Gasteiger partial charge in [-0.05, 0) is 0 Å². The Balaban J connectivity index is 2.96. The minimum atomic E-state index is -2.57. The summed E-state index contributed by atoms with van der Waals surface area (Å²) in [5.41, 5.74) is -0.0309. The van der Waals surface area contributed by atoms with Gasteiger partial charge in [0.15, 0.2) is 11.5 Å². The van der Waals surface area contributed by atoms with Gasteiger partial charge in [0.1, 0.15) is 6.07 Å². The topological polar surface area (TPSA) is 73.0 Å². The van der Waals surface area contributed by atoms with Gasteiger partial charge in [-0.3, -0.25) is 0 Å². The summed E-state index contributed by atoms with van der Waals surface area (Å²) in [6.07, 6.45) is 0.0493. The number of rotatable bonds is 5. The number of anilines is 1. The number of nitriles is 1. The van der Waals surface area contributed by atoms with E-state index in [0.29, 0.717) is 0 Å². The first kappa shape index (κ1) is 12.3. The number of aliphatic hydroxyl groups excluding tert-OH is 1. The van der Waals surface area contributed by atoms with Gasteiger partial charge < -0.3 is 10.0 Å². The van der Waals surface area contributed by atoms with Crippen LogP contribution >= 0.6 is 0 Å². The van der Waals surface area contributed by atoms with Crippen LogP contribution in [0.15, 0.2) is 12.4 Å². The molecule has 5 nitrogen and oxygen atoms in total. The van der Waals surface area contributed by atoms with Crippen molar-refractivity contribution in [3.8, 4) is 6.07 Å². The number of aromatic nitrogens is 2. The average Bonchev–Trinajstić information content (AvgIpc) is 2.28. The molecule has 1 N–H and O–H groups in total. The van der Waals surface area contributed by atoms with Gasteiger partial charge in [0.05, 0.1) is 13.2 Å². The van der Waals surface area contributed by atoms with Gasteiger partial charge >= 0.3 is 0 Å². The normalized spacial score (nSPS) is 10.2. The van der Waals surface area contributed by atoms with Crippen LogP contribution in [0.4, 0.5) is 14.6 Å². The summed E-state index contributed by atoms with van der Waals surface area (Å²) in [4.78, 5) is 8.67. The number of aliphatic hydroxyl groups is 1. The summed E-state index contributed by atoms with van der Waals surface area (Å²) in [5.74, 6) is 0.0688. The zero-order valence-electron chi connectivity index (χ0n) is 8.35. The minimum absolute atomic E-state index is 0.0162. The largest absolute Gasteiger partial charge is 0.395 e. The summed E-state index contributed by atoms with van der Waals surface area (Å²) in [5, 5.41) is 17.5. The summed E-state index contributed by atoms with van der Waals surface area (Å²) in [6, 6.07) is 1.77. The molecule has 0 saturated heterocycles. The molecule has 1 rings (SSSR count). The first-order chi connectivity index (χ1) is 7.69. The summed E-state index contributed by atoms with van der Waals surface area (Å²) >= 11 is 0. The van der Waals surface area contributed by atoms with Gasteiger partial charge in [-0.2, -0.15) is 5.26 Å². The highest BCUT2D eigenvalue weighted by Gasteiger charge is 2.17. The Morgan fingerprint density at radius 2 is 2.12 bits per heavy atom. The SMILES string of the molecule is N#Cc1nccnc1N(CCO)CC(F)F. The molecular weight excluding hydrogens is 218 g/mol. The van der Waals surface area contributed by atoms with Crippen molar-refractivity contribution in [2.45, 2.75) is 6.43 Å². The number of hydrogen-bond acceptors (Lipinski definition) is 5. The summed E-state index contributed by atoms with van der Waals surface area (Å²) in [6.45, 7) is -0.903. The van der Waals surface area contributed by atoms with Gasteiger partial charge in [-0.25, -0.2) is 18.7 Å². The predicted octanol–water partition coefficient (Wildman–Crippen LogP) is 0.412. The molecule has 7 heteroatoms. The Morgan fingerprint density at radius 3 is 2.69 bits per heavy atom. The van der Waals surface area contributed by atoms with Crippen molar-refractivity contribution >= 4 is 5.82 Å². The zero-order valence-corrected chi connectivity index (χ0v) is 8.35. The Bertz CT molecular complexity index is 380. The van der Waals surface area contributed by atoms with Gasteiger partial charge in [0.2, 0.25) is 0 Å². The zero-order chi connectivity index (χ0) is 12.0. The highest BCUT2D eigenvalue weighted by molar-refractivity contribution is 5.49. The second-order valence-electron chi connectivity index (χ2n) is 2.90. The number of nitrogens with zero attached hydrogens (tertiary/aromatic N) is 4. The van der Waals surface area contributed by atoms with Crippen LogP contribution < -0.4 is 4.90 Å². The van der Waals surface area contributed by atoms with Gasteiger partial charge in [-0.1, -0.05) is 0 Å². The highest BCUT2D eigenvalue weighted by atomic mass is 19.3. The number of halogens is 2. The molecule has 86 valence electrons. The van der Waals surface area contributed by atoms with Crippen LogP contribution in [-0.4, -0.2) is 41.2 Å². The molecule has 0 radical (unpaired) electrons. The van der Waals surface area contributed by atoms with Crippen molar-refractivity contribution in [2.75, 3.05) is 24.6 Å². The van der Waals surface area contributed by atoms with E-state index in [4.69, 9.17) is 10.4 Å². The van der Waals surface area contributed by atoms with Crippen LogP contribution in [0, 0.1) is 11.3 Å². The molecule has 0 amide bonds. The van der Waals surface area contributed by atoms with Gasteiger partial charge in [0.25, 0.3) is 6.43 Å². The fourth-order valence-corrected chi connectivity index (χ4v) is 1.21. The van der Waals surface area contributed by atoms with Crippen LogP contribution in [0.3, 0.4) is 0 Å². The van der Waals surface area contributed by atoms with Crippen molar-refractivity contribution in [1.29, 1.82) is 5.26 Å². The van der Waals surface area contributed by atoms with Crippen molar-refractivity contribution in [3.05, 3.63) is 18.1 Å². The standard InChI is InChI=1S/C9H10F2N4O/c10-8(11)6-15(3-4-16)9-7(5-12)13-1-2-14-9/h1-2,8,16H,3-4,6H2. The second kappa shape index (κ2) is 5.92. The second-order valence-corrected chi connectivity index (χ2v) is 2.90. The van der Waals surface area contributed by atoms with E-state index in [-0.39, 0.29) is 24.7 Å². The molecule has 16 heavy (non-hydrogen) atoms. The lowest BCUT2D eigenvalue weighted by Crippen LogP contribution is -2.33. The maximum Gasteiger partial charge on any atom is 0.255 e. The molecule has 0 aromatic carbocycles. The molecule has 0 aliphatic rings. The van der Waals surface area contributed by atoms with Crippen molar-refractivity contribution < 1.29 is 13.9 Å². The third-order valence-corrected chi connectivity index (χ3v) is 1.81. The van der Waals surface area contributed by atoms with E-state index in [1.807, 2.05) is 0 Å². The monoisotopic (exact) mass is 228 g/mol. The van der Waals surface area contributed by atoms with E-state index >= 15 is 0 Å². The molecule has 0 aliphatic heterocycles. The molecule has 0 saturated carbocycles. The quantitative estimate of drug-likeness (QED) is 0.790. The van der Waals surface area contributed by atoms with Crippen LogP contribution in [0.5, 0.6) is 0 Å². The fraction of sp³-hybridized carbons (Fsp3) is 0.444. The lowest BCUT2D eigenvalue weighted by Gasteiger charge is -2.22. The van der Waals surface area contributed by atoms with Gasteiger partial charge in [0, 0.05) is 18.9 Å². The highest BCUT2D eigenvalue weighted by Crippen LogP contribution is 2.14. The van der Waals surface area contributed by atoms with Crippen LogP contribution in [0.2, 0.25) is 0 Å². The third kappa shape index (κ3) is 3.10. The predicted molar refractivity (Wildman–Crippen MR) is 52.0 cm³/mol. The molecule has 1 heterocycles.